The van der Waals surface area contributed by atoms with Gasteiger partial charge < -0.3 is 10.6 Å². The first-order valence-electron chi connectivity index (χ1n) is 7.36. The van der Waals surface area contributed by atoms with Crippen LogP contribution >= 0.6 is 0 Å². The second-order valence-electron chi connectivity index (χ2n) is 5.36. The quantitative estimate of drug-likeness (QED) is 0.762. The average molecular weight is 312 g/mol. The van der Waals surface area contributed by atoms with Crippen molar-refractivity contribution in [1.29, 1.82) is 0 Å². The second kappa shape index (κ2) is 6.34. The number of hydrogen-bond acceptors (Lipinski definition) is 4. The van der Waals surface area contributed by atoms with Gasteiger partial charge in [0.25, 0.3) is 0 Å². The van der Waals surface area contributed by atoms with Gasteiger partial charge in [0.2, 0.25) is 0 Å². The van der Waals surface area contributed by atoms with Gasteiger partial charge in [-0.2, -0.15) is 0 Å². The molecule has 1 unspecified atom stereocenters. The molecular formula is C20H16N4. The van der Waals surface area contributed by atoms with Crippen molar-refractivity contribution in [3.8, 4) is 24.7 Å². The molecule has 0 fully saturated rings. The summed E-state index contributed by atoms with van der Waals surface area (Å²) < 4.78 is 0. The SMILES string of the molecule is C#Cc1cccc(NC2=CC(N)(c3cccc(C#C)c3)N=CN2)c1. The van der Waals surface area contributed by atoms with E-state index < -0.39 is 5.66 Å². The molecule has 1 aliphatic heterocycles. The van der Waals surface area contributed by atoms with E-state index in [0.717, 1.165) is 22.4 Å². The highest BCUT2D eigenvalue weighted by Gasteiger charge is 2.26. The van der Waals surface area contributed by atoms with Crippen molar-refractivity contribution >= 4 is 12.0 Å². The van der Waals surface area contributed by atoms with Gasteiger partial charge in [-0.3, -0.25) is 5.73 Å². The third-order valence-corrected chi connectivity index (χ3v) is 3.66. The van der Waals surface area contributed by atoms with Gasteiger partial charge in [-0.25, -0.2) is 4.99 Å². The van der Waals surface area contributed by atoms with Gasteiger partial charge in [0.1, 0.15) is 5.82 Å². The monoisotopic (exact) mass is 312 g/mol. The van der Waals surface area contributed by atoms with E-state index in [9.17, 15) is 0 Å². The van der Waals surface area contributed by atoms with Crippen molar-refractivity contribution in [1.82, 2.24) is 5.32 Å². The van der Waals surface area contributed by atoms with Crippen LogP contribution in [0.1, 0.15) is 16.7 Å². The van der Waals surface area contributed by atoms with Crippen LogP contribution in [0.4, 0.5) is 5.69 Å². The van der Waals surface area contributed by atoms with E-state index >= 15 is 0 Å². The molecule has 3 rings (SSSR count). The number of hydrogen-bond donors (Lipinski definition) is 3. The Morgan fingerprint density at radius 3 is 2.50 bits per heavy atom. The molecule has 2 aromatic carbocycles. The summed E-state index contributed by atoms with van der Waals surface area (Å²) in [6.45, 7) is 0. The van der Waals surface area contributed by atoms with Gasteiger partial charge in [0, 0.05) is 22.9 Å². The lowest BCUT2D eigenvalue weighted by Gasteiger charge is -2.27. The maximum Gasteiger partial charge on any atom is 0.158 e. The summed E-state index contributed by atoms with van der Waals surface area (Å²) in [5.41, 5.74) is 8.68. The molecule has 0 radical (unpaired) electrons. The van der Waals surface area contributed by atoms with Gasteiger partial charge in [-0.1, -0.05) is 30.0 Å². The molecule has 2 aromatic rings. The Labute approximate surface area is 141 Å². The Morgan fingerprint density at radius 1 is 1.04 bits per heavy atom. The molecule has 0 saturated heterocycles. The average Bonchev–Trinajstić information content (AvgIpc) is 2.62. The van der Waals surface area contributed by atoms with E-state index in [1.807, 2.05) is 54.6 Å². The predicted octanol–water partition coefficient (Wildman–Crippen LogP) is 2.35. The first kappa shape index (κ1) is 15.4. The molecule has 4 heteroatoms. The topological polar surface area (TPSA) is 62.4 Å². The molecule has 0 amide bonds. The normalized spacial score (nSPS) is 18.7. The zero-order chi connectivity index (χ0) is 17.0. The van der Waals surface area contributed by atoms with Crippen LogP contribution in [-0.2, 0) is 5.66 Å². The number of nitrogens with zero attached hydrogens (tertiary/aromatic N) is 1. The predicted molar refractivity (Wildman–Crippen MR) is 98.0 cm³/mol. The Morgan fingerprint density at radius 2 is 1.75 bits per heavy atom. The summed E-state index contributed by atoms with van der Waals surface area (Å²) >= 11 is 0. The summed E-state index contributed by atoms with van der Waals surface area (Å²) in [6, 6.07) is 15.0. The Bertz CT molecular complexity index is 912. The highest BCUT2D eigenvalue weighted by atomic mass is 15.2. The second-order valence-corrected chi connectivity index (χ2v) is 5.36. The van der Waals surface area contributed by atoms with Crippen LogP contribution in [0, 0.1) is 24.7 Å². The fourth-order valence-electron chi connectivity index (χ4n) is 2.44. The lowest BCUT2D eigenvalue weighted by atomic mass is 9.98. The summed E-state index contributed by atoms with van der Waals surface area (Å²) in [6.07, 6.45) is 14.3. The first-order valence-corrected chi connectivity index (χ1v) is 7.36. The van der Waals surface area contributed by atoms with Crippen LogP contribution in [0.5, 0.6) is 0 Å². The van der Waals surface area contributed by atoms with Crippen molar-refractivity contribution < 1.29 is 0 Å². The number of nitrogens with two attached hydrogens (primary N) is 1. The fourth-order valence-corrected chi connectivity index (χ4v) is 2.44. The summed E-state index contributed by atoms with van der Waals surface area (Å²) in [5, 5.41) is 6.30. The molecular weight excluding hydrogens is 296 g/mol. The molecule has 1 aliphatic rings. The van der Waals surface area contributed by atoms with Crippen molar-refractivity contribution in [2.24, 2.45) is 10.7 Å². The fraction of sp³-hybridized carbons (Fsp3) is 0.0500. The molecule has 0 saturated carbocycles. The molecule has 0 spiro atoms. The van der Waals surface area contributed by atoms with E-state index in [4.69, 9.17) is 18.6 Å². The van der Waals surface area contributed by atoms with Crippen LogP contribution in [0.2, 0.25) is 0 Å². The van der Waals surface area contributed by atoms with Crippen LogP contribution in [-0.4, -0.2) is 6.34 Å². The molecule has 1 atom stereocenters. The largest absolute Gasteiger partial charge is 0.342 e. The van der Waals surface area contributed by atoms with E-state index in [2.05, 4.69) is 27.5 Å². The summed E-state index contributed by atoms with van der Waals surface area (Å²) in [7, 11) is 0. The number of terminal acetylenes is 2. The van der Waals surface area contributed by atoms with Gasteiger partial charge >= 0.3 is 0 Å². The van der Waals surface area contributed by atoms with Crippen molar-refractivity contribution in [2.45, 2.75) is 5.66 Å². The minimum atomic E-state index is -0.996. The maximum absolute atomic E-state index is 6.45. The zero-order valence-electron chi connectivity index (χ0n) is 13.0. The number of nitrogens with one attached hydrogen (secondary N) is 2. The number of anilines is 1. The van der Waals surface area contributed by atoms with E-state index in [0.29, 0.717) is 5.82 Å². The minimum absolute atomic E-state index is 0.716. The lowest BCUT2D eigenvalue weighted by Crippen LogP contribution is -2.39. The van der Waals surface area contributed by atoms with Crippen molar-refractivity contribution in [3.05, 3.63) is 77.1 Å². The smallest absolute Gasteiger partial charge is 0.158 e. The lowest BCUT2D eigenvalue weighted by molar-refractivity contribution is 0.580. The van der Waals surface area contributed by atoms with Crippen molar-refractivity contribution in [3.63, 3.8) is 0 Å². The standard InChI is InChI=1S/C20H16N4/c1-3-15-7-5-9-17(11-15)20(21)13-19(22-14-23-20)24-18-10-6-8-16(4-2)12-18/h1-2,5-14,24H,21H2,(H,22,23). The molecule has 0 aliphatic carbocycles. The molecule has 24 heavy (non-hydrogen) atoms. The molecule has 4 nitrogen and oxygen atoms in total. The number of aliphatic imine (C=N–C) groups is 1. The molecule has 1 heterocycles. The molecule has 116 valence electrons. The Kier molecular flexibility index (Phi) is 4.07. The first-order chi connectivity index (χ1) is 11.6. The third-order valence-electron chi connectivity index (χ3n) is 3.66. The van der Waals surface area contributed by atoms with Gasteiger partial charge in [-0.05, 0) is 35.9 Å². The van der Waals surface area contributed by atoms with E-state index in [1.165, 1.54) is 0 Å². The zero-order valence-corrected chi connectivity index (χ0v) is 13.0. The maximum atomic E-state index is 6.45. The molecule has 4 N–H and O–H groups in total. The highest BCUT2D eigenvalue weighted by molar-refractivity contribution is 5.65. The highest BCUT2D eigenvalue weighted by Crippen LogP contribution is 2.25. The van der Waals surface area contributed by atoms with Crippen LogP contribution in [0.25, 0.3) is 0 Å². The van der Waals surface area contributed by atoms with Crippen LogP contribution in [0.3, 0.4) is 0 Å². The Balaban J connectivity index is 1.90. The summed E-state index contributed by atoms with van der Waals surface area (Å²) in [4.78, 5) is 4.36. The number of rotatable bonds is 3. The number of benzene rings is 2. The van der Waals surface area contributed by atoms with Crippen molar-refractivity contribution in [2.75, 3.05) is 5.32 Å². The molecule has 0 aromatic heterocycles. The minimum Gasteiger partial charge on any atom is -0.342 e. The van der Waals surface area contributed by atoms with Crippen LogP contribution in [0.15, 0.2) is 65.4 Å². The van der Waals surface area contributed by atoms with E-state index in [-0.39, 0.29) is 0 Å². The van der Waals surface area contributed by atoms with Gasteiger partial charge in [0.15, 0.2) is 5.66 Å². The van der Waals surface area contributed by atoms with Crippen LogP contribution < -0.4 is 16.4 Å². The Hall–Kier alpha value is -3.47. The van der Waals surface area contributed by atoms with Gasteiger partial charge in [0.05, 0.1) is 6.34 Å². The van der Waals surface area contributed by atoms with E-state index in [1.54, 1.807) is 6.34 Å². The summed E-state index contributed by atoms with van der Waals surface area (Å²) in [5.74, 6) is 5.93. The third kappa shape index (κ3) is 3.15. The van der Waals surface area contributed by atoms with Gasteiger partial charge in [-0.15, -0.1) is 12.8 Å². The molecule has 0 bridgehead atoms.